The number of nitriles is 1. The molecule has 5 nitrogen and oxygen atoms in total. The van der Waals surface area contributed by atoms with Crippen molar-refractivity contribution in [3.63, 3.8) is 0 Å². The molecule has 0 fully saturated rings. The normalized spacial score (nSPS) is 10.3. The van der Waals surface area contributed by atoms with Gasteiger partial charge in [0.1, 0.15) is 17.5 Å². The number of pyridine rings is 1. The number of rotatable bonds is 4. The van der Waals surface area contributed by atoms with Gasteiger partial charge in [-0.1, -0.05) is 34.1 Å². The zero-order chi connectivity index (χ0) is 18.7. The largest absolute Gasteiger partial charge is 0.504 e. The van der Waals surface area contributed by atoms with Crippen molar-refractivity contribution in [1.82, 2.24) is 4.98 Å². The third-order valence-corrected chi connectivity index (χ3v) is 4.40. The van der Waals surface area contributed by atoms with E-state index in [1.54, 1.807) is 12.1 Å². The van der Waals surface area contributed by atoms with E-state index in [1.807, 2.05) is 37.3 Å². The van der Waals surface area contributed by atoms with Crippen LogP contribution in [0.2, 0.25) is 0 Å². The van der Waals surface area contributed by atoms with Crippen molar-refractivity contribution < 1.29 is 9.84 Å². The van der Waals surface area contributed by atoms with Crippen LogP contribution < -0.4 is 10.5 Å². The first-order chi connectivity index (χ1) is 12.5. The van der Waals surface area contributed by atoms with Gasteiger partial charge in [-0.3, -0.25) is 0 Å². The predicted octanol–water partition coefficient (Wildman–Crippen LogP) is 4.74. The Labute approximate surface area is 159 Å². The van der Waals surface area contributed by atoms with Gasteiger partial charge in [-0.15, -0.1) is 0 Å². The minimum absolute atomic E-state index is 0.0456. The summed E-state index contributed by atoms with van der Waals surface area (Å²) in [4.78, 5) is 4.37. The molecule has 3 N–H and O–H groups in total. The van der Waals surface area contributed by atoms with E-state index in [9.17, 15) is 10.4 Å². The lowest BCUT2D eigenvalue weighted by molar-refractivity contribution is 0.318. The molecule has 0 aliphatic rings. The van der Waals surface area contributed by atoms with Gasteiger partial charge in [-0.25, -0.2) is 4.98 Å². The van der Waals surface area contributed by atoms with Gasteiger partial charge < -0.3 is 15.6 Å². The van der Waals surface area contributed by atoms with Crippen molar-refractivity contribution in [3.05, 3.63) is 58.6 Å². The second-order valence-electron chi connectivity index (χ2n) is 5.55. The van der Waals surface area contributed by atoms with Crippen LogP contribution in [0.25, 0.3) is 22.4 Å². The maximum atomic E-state index is 9.92. The Bertz CT molecular complexity index is 995. The molecule has 0 amide bonds. The quantitative estimate of drug-likeness (QED) is 0.649. The van der Waals surface area contributed by atoms with E-state index in [4.69, 9.17) is 10.5 Å². The number of phenolic OH excluding ortho intramolecular Hbond substituents is 1. The lowest BCUT2D eigenvalue weighted by atomic mass is 9.98. The molecule has 0 radical (unpaired) electrons. The molecule has 6 heteroatoms. The maximum Gasteiger partial charge on any atom is 0.161 e. The molecule has 0 saturated carbocycles. The summed E-state index contributed by atoms with van der Waals surface area (Å²) < 4.78 is 6.41. The smallest absolute Gasteiger partial charge is 0.161 e. The number of aromatic hydroxyl groups is 1. The summed E-state index contributed by atoms with van der Waals surface area (Å²) in [5.41, 5.74) is 9.23. The van der Waals surface area contributed by atoms with E-state index in [2.05, 4.69) is 27.0 Å². The van der Waals surface area contributed by atoms with E-state index < -0.39 is 0 Å². The maximum absolute atomic E-state index is 9.92. The fraction of sp³-hybridized carbons (Fsp3) is 0.100. The number of nitrogen functional groups attached to an aromatic ring is 1. The number of anilines is 1. The van der Waals surface area contributed by atoms with Gasteiger partial charge in [0.15, 0.2) is 11.5 Å². The molecular formula is C20H16BrN3O2. The number of phenols is 1. The van der Waals surface area contributed by atoms with Crippen LogP contribution in [-0.4, -0.2) is 16.7 Å². The Morgan fingerprint density at radius 3 is 2.50 bits per heavy atom. The third kappa shape index (κ3) is 3.48. The molecule has 0 spiro atoms. The number of hydrogen-bond acceptors (Lipinski definition) is 5. The fourth-order valence-electron chi connectivity index (χ4n) is 2.63. The molecule has 26 heavy (non-hydrogen) atoms. The molecule has 3 aromatic rings. The van der Waals surface area contributed by atoms with Crippen molar-refractivity contribution in [3.8, 4) is 40.0 Å². The minimum Gasteiger partial charge on any atom is -0.504 e. The molecule has 0 aliphatic heterocycles. The van der Waals surface area contributed by atoms with E-state index >= 15 is 0 Å². The van der Waals surface area contributed by atoms with E-state index in [0.29, 0.717) is 29.2 Å². The summed E-state index contributed by atoms with van der Waals surface area (Å²) in [5, 5.41) is 19.5. The number of nitrogens with two attached hydrogens (primary N) is 1. The molecule has 0 bridgehead atoms. The number of aromatic nitrogens is 1. The van der Waals surface area contributed by atoms with Crippen LogP contribution in [0.4, 0.5) is 5.82 Å². The highest BCUT2D eigenvalue weighted by Crippen LogP contribution is 2.36. The van der Waals surface area contributed by atoms with Crippen molar-refractivity contribution >= 4 is 21.7 Å². The first-order valence-corrected chi connectivity index (χ1v) is 8.75. The summed E-state index contributed by atoms with van der Waals surface area (Å²) in [6.07, 6.45) is 0. The van der Waals surface area contributed by atoms with Gasteiger partial charge >= 0.3 is 0 Å². The summed E-state index contributed by atoms with van der Waals surface area (Å²) in [6.45, 7) is 2.26. The van der Waals surface area contributed by atoms with Crippen LogP contribution >= 0.6 is 15.9 Å². The van der Waals surface area contributed by atoms with Gasteiger partial charge in [-0.2, -0.15) is 5.26 Å². The minimum atomic E-state index is 0.0456. The number of hydrogen-bond donors (Lipinski definition) is 2. The van der Waals surface area contributed by atoms with Crippen LogP contribution in [-0.2, 0) is 0 Å². The molecule has 1 aromatic heterocycles. The number of ether oxygens (including phenoxy) is 1. The van der Waals surface area contributed by atoms with Crippen LogP contribution in [0.3, 0.4) is 0 Å². The van der Waals surface area contributed by atoms with E-state index in [-0.39, 0.29) is 11.6 Å². The Balaban J connectivity index is 2.18. The average molecular weight is 410 g/mol. The highest BCUT2D eigenvalue weighted by molar-refractivity contribution is 9.10. The molecule has 1 heterocycles. The van der Waals surface area contributed by atoms with Gasteiger partial charge in [0.25, 0.3) is 0 Å². The van der Waals surface area contributed by atoms with Crippen LogP contribution in [0.5, 0.6) is 11.5 Å². The van der Waals surface area contributed by atoms with Gasteiger partial charge in [0.05, 0.1) is 12.3 Å². The molecular weight excluding hydrogens is 394 g/mol. The van der Waals surface area contributed by atoms with Gasteiger partial charge in [0.2, 0.25) is 0 Å². The standard InChI is InChI=1S/C20H16BrN3O2/c1-2-26-19-9-13(5-8-18(19)25)15-10-17(24-20(23)16(15)11-22)12-3-6-14(21)7-4-12/h3-10,25H,2H2,1H3,(H2,23,24). The first kappa shape index (κ1) is 17.8. The first-order valence-electron chi connectivity index (χ1n) is 7.96. The van der Waals surface area contributed by atoms with Crippen molar-refractivity contribution in [2.75, 3.05) is 12.3 Å². The molecule has 3 rings (SSSR count). The van der Waals surface area contributed by atoms with Crippen molar-refractivity contribution in [2.45, 2.75) is 6.92 Å². The van der Waals surface area contributed by atoms with Crippen LogP contribution in [0, 0.1) is 11.3 Å². The predicted molar refractivity (Wildman–Crippen MR) is 105 cm³/mol. The van der Waals surface area contributed by atoms with Gasteiger partial charge in [-0.05, 0) is 42.8 Å². The molecule has 0 aliphatic carbocycles. The second kappa shape index (κ2) is 7.46. The monoisotopic (exact) mass is 409 g/mol. The Hall–Kier alpha value is -3.04. The molecule has 0 atom stereocenters. The summed E-state index contributed by atoms with van der Waals surface area (Å²) in [6, 6.07) is 16.6. The molecule has 130 valence electrons. The van der Waals surface area contributed by atoms with Crippen molar-refractivity contribution in [1.29, 1.82) is 5.26 Å². The Kier molecular flexibility index (Phi) is 5.10. The molecule has 0 saturated heterocycles. The fourth-order valence-corrected chi connectivity index (χ4v) is 2.90. The number of nitrogens with zero attached hydrogens (tertiary/aromatic N) is 2. The average Bonchev–Trinajstić information content (AvgIpc) is 2.63. The zero-order valence-electron chi connectivity index (χ0n) is 14.0. The SMILES string of the molecule is CCOc1cc(-c2cc(-c3ccc(Br)cc3)nc(N)c2C#N)ccc1O. The molecule has 2 aromatic carbocycles. The highest BCUT2D eigenvalue weighted by atomic mass is 79.9. The Morgan fingerprint density at radius 1 is 1.15 bits per heavy atom. The Morgan fingerprint density at radius 2 is 1.85 bits per heavy atom. The highest BCUT2D eigenvalue weighted by Gasteiger charge is 2.15. The summed E-state index contributed by atoms with van der Waals surface area (Å²) >= 11 is 3.41. The van der Waals surface area contributed by atoms with Gasteiger partial charge in [0, 0.05) is 15.6 Å². The van der Waals surface area contributed by atoms with Crippen LogP contribution in [0.15, 0.2) is 53.0 Å². The number of halogens is 1. The van der Waals surface area contributed by atoms with E-state index in [1.165, 1.54) is 6.07 Å². The molecule has 0 unspecified atom stereocenters. The zero-order valence-corrected chi connectivity index (χ0v) is 15.6. The summed E-state index contributed by atoms with van der Waals surface area (Å²) in [7, 11) is 0. The van der Waals surface area contributed by atoms with E-state index in [0.717, 1.165) is 15.6 Å². The number of benzene rings is 2. The van der Waals surface area contributed by atoms with Crippen LogP contribution in [0.1, 0.15) is 12.5 Å². The lowest BCUT2D eigenvalue weighted by Gasteiger charge is -2.12. The lowest BCUT2D eigenvalue weighted by Crippen LogP contribution is -2.00. The topological polar surface area (TPSA) is 92.2 Å². The summed E-state index contributed by atoms with van der Waals surface area (Å²) in [5.74, 6) is 0.563. The third-order valence-electron chi connectivity index (χ3n) is 3.87. The second-order valence-corrected chi connectivity index (χ2v) is 6.47. The van der Waals surface area contributed by atoms with Crippen molar-refractivity contribution in [2.24, 2.45) is 0 Å².